The fourth-order valence-electron chi connectivity index (χ4n) is 6.26. The molecule has 0 amide bonds. The highest BCUT2D eigenvalue weighted by atomic mass is 16.6. The van der Waals surface area contributed by atoms with Gasteiger partial charge in [0, 0.05) is 37.3 Å². The van der Waals surface area contributed by atoms with Crippen molar-refractivity contribution in [1.82, 2.24) is 14.5 Å². The van der Waals surface area contributed by atoms with Crippen molar-refractivity contribution < 1.29 is 18.9 Å². The number of H-pyrrole nitrogens is 1. The molecular formula is C34H37N3O6. The quantitative estimate of drug-likeness (QED) is 0.299. The number of benzene rings is 3. The predicted molar refractivity (Wildman–Crippen MR) is 162 cm³/mol. The van der Waals surface area contributed by atoms with E-state index in [1.54, 1.807) is 20.2 Å². The first-order chi connectivity index (χ1) is 21.0. The molecule has 2 aliphatic heterocycles. The van der Waals surface area contributed by atoms with E-state index in [1.165, 1.54) is 4.57 Å². The lowest BCUT2D eigenvalue weighted by Gasteiger charge is -2.39. The molecule has 43 heavy (non-hydrogen) atoms. The maximum absolute atomic E-state index is 12.8. The summed E-state index contributed by atoms with van der Waals surface area (Å²) >= 11 is 0. The maximum Gasteiger partial charge on any atom is 0.330 e. The highest BCUT2D eigenvalue weighted by Crippen LogP contribution is 2.42. The van der Waals surface area contributed by atoms with Crippen LogP contribution in [0.2, 0.25) is 0 Å². The van der Waals surface area contributed by atoms with Crippen molar-refractivity contribution in [2.24, 2.45) is 0 Å². The van der Waals surface area contributed by atoms with Gasteiger partial charge in [0.2, 0.25) is 0 Å². The Bertz CT molecular complexity index is 1570. The number of nitrogens with one attached hydrogen (secondary N) is 1. The summed E-state index contributed by atoms with van der Waals surface area (Å²) in [5, 5.41) is 0. The van der Waals surface area contributed by atoms with Crippen molar-refractivity contribution in [2.75, 3.05) is 40.0 Å². The highest BCUT2D eigenvalue weighted by Gasteiger charge is 2.44. The number of nitrogens with zero attached hydrogens (tertiary/aromatic N) is 2. The SMILES string of the molecule is COc1ccc(C(OC[C@H]2O[C@@H](n3cc(C)c(=O)[nH]c3=O)C[C@@H]2N2CCOCC2)(c2ccccc2)c2ccccc2)cc1. The van der Waals surface area contributed by atoms with Crippen LogP contribution in [0.1, 0.15) is 34.9 Å². The Balaban J connectivity index is 1.40. The van der Waals surface area contributed by atoms with E-state index in [4.69, 9.17) is 18.9 Å². The lowest BCUT2D eigenvalue weighted by atomic mass is 9.80. The van der Waals surface area contributed by atoms with E-state index in [9.17, 15) is 9.59 Å². The molecule has 224 valence electrons. The lowest BCUT2D eigenvalue weighted by molar-refractivity contribution is -0.0941. The first kappa shape index (κ1) is 29.1. The van der Waals surface area contributed by atoms with Gasteiger partial charge in [-0.3, -0.25) is 19.2 Å². The van der Waals surface area contributed by atoms with Crippen LogP contribution < -0.4 is 16.0 Å². The average Bonchev–Trinajstić information content (AvgIpc) is 3.49. The molecule has 2 fully saturated rings. The minimum atomic E-state index is -0.947. The normalized spacial score (nSPS) is 21.1. The van der Waals surface area contributed by atoms with E-state index in [2.05, 4.69) is 34.1 Å². The van der Waals surface area contributed by atoms with E-state index in [1.807, 2.05) is 60.7 Å². The van der Waals surface area contributed by atoms with Gasteiger partial charge in [-0.2, -0.15) is 0 Å². The third-order valence-corrected chi connectivity index (χ3v) is 8.50. The van der Waals surface area contributed by atoms with Gasteiger partial charge in [-0.05, 0) is 35.7 Å². The van der Waals surface area contributed by atoms with Gasteiger partial charge >= 0.3 is 5.69 Å². The van der Waals surface area contributed by atoms with E-state index < -0.39 is 17.5 Å². The molecule has 9 heteroatoms. The van der Waals surface area contributed by atoms with Crippen LogP contribution in [0, 0.1) is 6.92 Å². The summed E-state index contributed by atoms with van der Waals surface area (Å²) in [4.78, 5) is 29.7. The fourth-order valence-corrected chi connectivity index (χ4v) is 6.26. The summed E-state index contributed by atoms with van der Waals surface area (Å²) in [5.41, 5.74) is 1.56. The zero-order valence-corrected chi connectivity index (χ0v) is 24.5. The highest BCUT2D eigenvalue weighted by molar-refractivity contribution is 5.48. The van der Waals surface area contributed by atoms with Gasteiger partial charge in [0.15, 0.2) is 0 Å². The number of morpholine rings is 1. The van der Waals surface area contributed by atoms with Crippen LogP contribution in [-0.4, -0.2) is 66.6 Å². The van der Waals surface area contributed by atoms with E-state index in [0.29, 0.717) is 25.2 Å². The Morgan fingerprint density at radius 2 is 1.49 bits per heavy atom. The van der Waals surface area contributed by atoms with Gasteiger partial charge in [-0.1, -0.05) is 72.8 Å². The van der Waals surface area contributed by atoms with Crippen molar-refractivity contribution in [2.45, 2.75) is 37.3 Å². The number of hydrogen-bond acceptors (Lipinski definition) is 7. The molecule has 1 aromatic heterocycles. The number of aryl methyl sites for hydroxylation is 1. The van der Waals surface area contributed by atoms with Gasteiger partial charge in [0.05, 0.1) is 33.0 Å². The molecule has 4 aromatic rings. The molecule has 2 saturated heterocycles. The smallest absolute Gasteiger partial charge is 0.330 e. The molecule has 0 saturated carbocycles. The largest absolute Gasteiger partial charge is 0.497 e. The zero-order chi connectivity index (χ0) is 29.8. The third-order valence-electron chi connectivity index (χ3n) is 8.50. The number of aromatic amines is 1. The number of aromatic nitrogens is 2. The van der Waals surface area contributed by atoms with Crippen molar-refractivity contribution in [3.05, 3.63) is 134 Å². The summed E-state index contributed by atoms with van der Waals surface area (Å²) < 4.78 is 26.4. The Morgan fingerprint density at radius 3 is 2.09 bits per heavy atom. The number of ether oxygens (including phenoxy) is 4. The molecule has 0 radical (unpaired) electrons. The molecule has 0 aliphatic carbocycles. The fraction of sp³-hybridized carbons (Fsp3) is 0.353. The first-order valence-electron chi connectivity index (χ1n) is 14.7. The Kier molecular flexibility index (Phi) is 8.58. The summed E-state index contributed by atoms with van der Waals surface area (Å²) in [5.74, 6) is 0.759. The molecule has 6 rings (SSSR count). The summed E-state index contributed by atoms with van der Waals surface area (Å²) in [6, 6.07) is 28.3. The number of hydrogen-bond donors (Lipinski definition) is 1. The van der Waals surface area contributed by atoms with E-state index in [0.717, 1.165) is 35.5 Å². The van der Waals surface area contributed by atoms with E-state index in [-0.39, 0.29) is 24.3 Å². The first-order valence-corrected chi connectivity index (χ1v) is 14.7. The van der Waals surface area contributed by atoms with Gasteiger partial charge in [-0.15, -0.1) is 0 Å². The van der Waals surface area contributed by atoms with Crippen LogP contribution in [0.4, 0.5) is 0 Å². The van der Waals surface area contributed by atoms with Crippen LogP contribution in [0.5, 0.6) is 5.75 Å². The molecule has 3 aromatic carbocycles. The Morgan fingerprint density at radius 1 is 0.884 bits per heavy atom. The van der Waals surface area contributed by atoms with Crippen molar-refractivity contribution in [3.63, 3.8) is 0 Å². The lowest BCUT2D eigenvalue weighted by Crippen LogP contribution is -2.49. The zero-order valence-electron chi connectivity index (χ0n) is 24.5. The topological polar surface area (TPSA) is 95.0 Å². The van der Waals surface area contributed by atoms with Crippen molar-refractivity contribution in [3.8, 4) is 5.75 Å². The average molecular weight is 584 g/mol. The third kappa shape index (κ3) is 5.81. The molecule has 0 spiro atoms. The van der Waals surface area contributed by atoms with Crippen molar-refractivity contribution in [1.29, 1.82) is 0 Å². The van der Waals surface area contributed by atoms with Gasteiger partial charge in [0.25, 0.3) is 5.56 Å². The minimum absolute atomic E-state index is 0.0202. The van der Waals surface area contributed by atoms with Gasteiger partial charge in [0.1, 0.15) is 17.6 Å². The van der Waals surface area contributed by atoms with Crippen molar-refractivity contribution >= 4 is 0 Å². The monoisotopic (exact) mass is 583 g/mol. The second-order valence-electron chi connectivity index (χ2n) is 11.0. The minimum Gasteiger partial charge on any atom is -0.497 e. The molecular weight excluding hydrogens is 546 g/mol. The van der Waals surface area contributed by atoms with Crippen LogP contribution in [0.25, 0.3) is 0 Å². The second kappa shape index (κ2) is 12.7. The van der Waals surface area contributed by atoms with Crippen LogP contribution in [0.3, 0.4) is 0 Å². The predicted octanol–water partition coefficient (Wildman–Crippen LogP) is 3.85. The molecule has 0 unspecified atom stereocenters. The van der Waals surface area contributed by atoms with Crippen LogP contribution >= 0.6 is 0 Å². The van der Waals surface area contributed by atoms with E-state index >= 15 is 0 Å². The number of methoxy groups -OCH3 is 1. The second-order valence-corrected chi connectivity index (χ2v) is 11.0. The molecule has 9 nitrogen and oxygen atoms in total. The van der Waals surface area contributed by atoms with Crippen LogP contribution in [0.15, 0.2) is 101 Å². The molecule has 0 bridgehead atoms. The standard InChI is InChI=1S/C34H37N3O6/c1-24-22-37(33(39)35-32(24)38)31-21-29(36-17-19-41-20-18-36)30(43-31)23-42-34(25-9-5-3-6-10-25,26-11-7-4-8-12-26)27-13-15-28(40-2)16-14-27/h3-16,22,29-31H,17-21,23H2,1-2H3,(H,35,38,39)/t29-,30+,31+/m0/s1. The molecule has 1 N–H and O–H groups in total. The number of rotatable bonds is 9. The van der Waals surface area contributed by atoms with Gasteiger partial charge < -0.3 is 18.9 Å². The van der Waals surface area contributed by atoms with Crippen LogP contribution in [-0.2, 0) is 19.8 Å². The maximum atomic E-state index is 12.8. The summed E-state index contributed by atoms with van der Waals surface area (Å²) in [7, 11) is 1.65. The molecule has 2 aliphatic rings. The molecule has 3 heterocycles. The molecule has 3 atom stereocenters. The Hall–Kier alpha value is -4.02. The summed E-state index contributed by atoms with van der Waals surface area (Å²) in [6.45, 7) is 4.74. The summed E-state index contributed by atoms with van der Waals surface area (Å²) in [6.07, 6.45) is 1.26. The van der Waals surface area contributed by atoms with Gasteiger partial charge in [-0.25, -0.2) is 4.79 Å². The Labute approximate surface area is 250 Å².